The summed E-state index contributed by atoms with van der Waals surface area (Å²) in [5, 5.41) is 9.78. The van der Waals surface area contributed by atoms with E-state index >= 15 is 0 Å². The van der Waals surface area contributed by atoms with E-state index < -0.39 is 0 Å². The molecule has 0 saturated carbocycles. The molecular formula is C48H95NO6. The summed E-state index contributed by atoms with van der Waals surface area (Å²) in [6, 6.07) is 0. The number of hydrogen-bond donors (Lipinski definition) is 1. The van der Waals surface area contributed by atoms with E-state index in [-0.39, 0.29) is 30.6 Å². The Morgan fingerprint density at radius 1 is 0.491 bits per heavy atom. The summed E-state index contributed by atoms with van der Waals surface area (Å²) in [4.78, 5) is 27.6. The summed E-state index contributed by atoms with van der Waals surface area (Å²) in [5.41, 5.74) is 0. The van der Waals surface area contributed by atoms with E-state index in [1.54, 1.807) is 7.11 Å². The second-order valence-corrected chi connectivity index (χ2v) is 16.7. The van der Waals surface area contributed by atoms with Crippen LogP contribution in [0.1, 0.15) is 239 Å². The predicted molar refractivity (Wildman–Crippen MR) is 234 cm³/mol. The van der Waals surface area contributed by atoms with Crippen LogP contribution in [0.15, 0.2) is 0 Å². The van der Waals surface area contributed by atoms with Gasteiger partial charge >= 0.3 is 11.9 Å². The summed E-state index contributed by atoms with van der Waals surface area (Å²) in [7, 11) is 1.70. The molecule has 0 radical (unpaired) electrons. The fourth-order valence-electron chi connectivity index (χ4n) is 7.56. The highest BCUT2D eigenvalue weighted by Gasteiger charge is 2.15. The number of esters is 2. The first kappa shape index (κ1) is 53.8. The van der Waals surface area contributed by atoms with Crippen molar-refractivity contribution >= 4 is 11.9 Å². The number of nitrogens with zero attached hydrogens (tertiary/aromatic N) is 1. The van der Waals surface area contributed by atoms with Crippen molar-refractivity contribution < 1.29 is 28.9 Å². The monoisotopic (exact) mass is 782 g/mol. The van der Waals surface area contributed by atoms with Crippen LogP contribution in [0.3, 0.4) is 0 Å². The molecule has 0 heterocycles. The molecule has 0 aliphatic rings. The summed E-state index contributed by atoms with van der Waals surface area (Å²) >= 11 is 0. The fraction of sp³-hybridized carbons (Fsp3) is 0.958. The molecule has 0 fully saturated rings. The number of aliphatic hydroxyl groups excluding tert-OH is 1. The summed E-state index contributed by atoms with van der Waals surface area (Å²) < 4.78 is 16.9. The van der Waals surface area contributed by atoms with E-state index in [9.17, 15) is 14.7 Å². The average molecular weight is 782 g/mol. The van der Waals surface area contributed by atoms with Crippen LogP contribution in [0.2, 0.25) is 0 Å². The molecule has 0 aliphatic carbocycles. The van der Waals surface area contributed by atoms with Gasteiger partial charge in [0.1, 0.15) is 6.10 Å². The number of carbonyl (C=O) groups is 2. The number of hydrogen-bond acceptors (Lipinski definition) is 7. The first-order valence-electron chi connectivity index (χ1n) is 24.2. The first-order chi connectivity index (χ1) is 27.0. The Bertz CT molecular complexity index is 778. The summed E-state index contributed by atoms with van der Waals surface area (Å²) in [6.07, 6.45) is 39.3. The topological polar surface area (TPSA) is 85.3 Å². The average Bonchev–Trinajstić information content (AvgIpc) is 3.18. The van der Waals surface area contributed by atoms with Gasteiger partial charge in [-0.15, -0.1) is 0 Å². The van der Waals surface area contributed by atoms with E-state index in [0.29, 0.717) is 26.1 Å². The minimum Gasteiger partial charge on any atom is -0.466 e. The molecule has 1 N–H and O–H groups in total. The first-order valence-corrected chi connectivity index (χ1v) is 24.2. The molecule has 7 nitrogen and oxygen atoms in total. The maximum Gasteiger partial charge on any atom is 0.306 e. The van der Waals surface area contributed by atoms with Gasteiger partial charge in [-0.2, -0.15) is 0 Å². The zero-order chi connectivity index (χ0) is 40.3. The highest BCUT2D eigenvalue weighted by molar-refractivity contribution is 5.69. The number of unbranched alkanes of at least 4 members (excludes halogenated alkanes) is 24. The van der Waals surface area contributed by atoms with Crippen LogP contribution < -0.4 is 0 Å². The van der Waals surface area contributed by atoms with Gasteiger partial charge in [0, 0.05) is 32.5 Å². The standard InChI is InChI=1S/C48H95NO6/c1-5-8-11-14-17-18-19-25-33-42-54-47(51)36-30-26-32-40-49(41-38-45(43-50)44-53-4)39-31-24-20-23-29-37-48(52)55-46(34-27-21-15-12-9-6-2)35-28-22-16-13-10-7-3/h45-46,50H,5-44H2,1-4H3. The minimum absolute atomic E-state index is 0.00898. The minimum atomic E-state index is -0.0452. The van der Waals surface area contributed by atoms with Gasteiger partial charge in [0.25, 0.3) is 0 Å². The molecule has 0 aromatic heterocycles. The van der Waals surface area contributed by atoms with Crippen LogP contribution in [-0.2, 0) is 23.8 Å². The molecule has 0 saturated heterocycles. The lowest BCUT2D eigenvalue weighted by molar-refractivity contribution is -0.150. The molecule has 0 aliphatic heterocycles. The van der Waals surface area contributed by atoms with Crippen molar-refractivity contribution in [1.82, 2.24) is 4.90 Å². The fourth-order valence-corrected chi connectivity index (χ4v) is 7.56. The molecule has 1 atom stereocenters. The highest BCUT2D eigenvalue weighted by Crippen LogP contribution is 2.19. The number of rotatable bonds is 45. The zero-order valence-electron chi connectivity index (χ0n) is 37.4. The van der Waals surface area contributed by atoms with Gasteiger partial charge in [-0.05, 0) is 83.8 Å². The maximum absolute atomic E-state index is 12.8. The smallest absolute Gasteiger partial charge is 0.306 e. The van der Waals surface area contributed by atoms with Gasteiger partial charge in [-0.3, -0.25) is 9.59 Å². The van der Waals surface area contributed by atoms with Crippen LogP contribution in [0.4, 0.5) is 0 Å². The van der Waals surface area contributed by atoms with Crippen LogP contribution in [0.25, 0.3) is 0 Å². The van der Waals surface area contributed by atoms with Gasteiger partial charge < -0.3 is 24.2 Å². The largest absolute Gasteiger partial charge is 0.466 e. The van der Waals surface area contributed by atoms with Crippen molar-refractivity contribution in [2.75, 3.05) is 46.6 Å². The number of methoxy groups -OCH3 is 1. The van der Waals surface area contributed by atoms with Crippen LogP contribution in [0, 0.1) is 5.92 Å². The Hall–Kier alpha value is -1.18. The Balaban J connectivity index is 4.34. The summed E-state index contributed by atoms with van der Waals surface area (Å²) in [5.74, 6) is 0.134. The number of carbonyl (C=O) groups excluding carboxylic acids is 2. The SMILES string of the molecule is CCCCCCCCCCCOC(=O)CCCCCN(CCCCCCCC(=O)OC(CCCCCCCC)CCCCCCCC)CCC(CO)COC. The van der Waals surface area contributed by atoms with Crippen molar-refractivity contribution in [3.05, 3.63) is 0 Å². The highest BCUT2D eigenvalue weighted by atomic mass is 16.5. The molecule has 7 heteroatoms. The van der Waals surface area contributed by atoms with Crippen molar-refractivity contribution in [1.29, 1.82) is 0 Å². The van der Waals surface area contributed by atoms with E-state index in [1.807, 2.05) is 0 Å². The summed E-state index contributed by atoms with van der Waals surface area (Å²) in [6.45, 7) is 11.1. The van der Waals surface area contributed by atoms with Crippen LogP contribution in [-0.4, -0.2) is 74.6 Å². The third kappa shape index (κ3) is 39.4. The van der Waals surface area contributed by atoms with Crippen molar-refractivity contribution in [2.24, 2.45) is 5.92 Å². The molecule has 0 rings (SSSR count). The van der Waals surface area contributed by atoms with E-state index in [2.05, 4.69) is 25.7 Å². The molecule has 0 amide bonds. The third-order valence-corrected chi connectivity index (χ3v) is 11.3. The van der Waals surface area contributed by atoms with E-state index in [4.69, 9.17) is 14.2 Å². The molecule has 328 valence electrons. The Morgan fingerprint density at radius 2 is 0.909 bits per heavy atom. The Kier molecular flexibility index (Phi) is 43.0. The molecular weight excluding hydrogens is 687 g/mol. The predicted octanol–water partition coefficient (Wildman–Crippen LogP) is 13.3. The maximum atomic E-state index is 12.8. The van der Waals surface area contributed by atoms with Gasteiger partial charge in [0.15, 0.2) is 0 Å². The number of ether oxygens (including phenoxy) is 3. The van der Waals surface area contributed by atoms with Crippen molar-refractivity contribution in [2.45, 2.75) is 245 Å². The second kappa shape index (κ2) is 43.9. The van der Waals surface area contributed by atoms with E-state index in [0.717, 1.165) is 103 Å². The Morgan fingerprint density at radius 3 is 1.40 bits per heavy atom. The molecule has 0 bridgehead atoms. The molecule has 0 aromatic carbocycles. The Labute approximate surface area is 342 Å². The third-order valence-electron chi connectivity index (χ3n) is 11.3. The van der Waals surface area contributed by atoms with E-state index in [1.165, 1.54) is 122 Å². The van der Waals surface area contributed by atoms with Crippen LogP contribution >= 0.6 is 0 Å². The second-order valence-electron chi connectivity index (χ2n) is 16.7. The van der Waals surface area contributed by atoms with Gasteiger partial charge in [-0.1, -0.05) is 162 Å². The quantitative estimate of drug-likeness (QED) is 0.0486. The van der Waals surface area contributed by atoms with Crippen molar-refractivity contribution in [3.8, 4) is 0 Å². The van der Waals surface area contributed by atoms with Crippen LogP contribution in [0.5, 0.6) is 0 Å². The van der Waals surface area contributed by atoms with Gasteiger partial charge in [-0.25, -0.2) is 0 Å². The van der Waals surface area contributed by atoms with Gasteiger partial charge in [0.05, 0.1) is 13.2 Å². The molecule has 55 heavy (non-hydrogen) atoms. The molecule has 0 spiro atoms. The van der Waals surface area contributed by atoms with Crippen molar-refractivity contribution in [3.63, 3.8) is 0 Å². The normalized spacial score (nSPS) is 12.2. The lowest BCUT2D eigenvalue weighted by Gasteiger charge is -2.24. The molecule has 0 aromatic rings. The number of aliphatic hydroxyl groups is 1. The zero-order valence-corrected chi connectivity index (χ0v) is 37.4. The molecule has 1 unspecified atom stereocenters. The lowest BCUT2D eigenvalue weighted by Crippen LogP contribution is -2.30. The lowest BCUT2D eigenvalue weighted by atomic mass is 10.0. The van der Waals surface area contributed by atoms with Gasteiger partial charge in [0.2, 0.25) is 0 Å².